The van der Waals surface area contributed by atoms with Crippen molar-refractivity contribution in [3.63, 3.8) is 0 Å². The molecule has 74 valence electrons. The van der Waals surface area contributed by atoms with Crippen molar-refractivity contribution in [3.05, 3.63) is 11.8 Å². The maximum Gasteiger partial charge on any atom is 0.353 e. The van der Waals surface area contributed by atoms with E-state index in [0.29, 0.717) is 0 Å². The second kappa shape index (κ2) is 3.29. The predicted molar refractivity (Wildman–Crippen MR) is 41.3 cm³/mol. The lowest BCUT2D eigenvalue weighted by Gasteiger charge is -2.23. The van der Waals surface area contributed by atoms with Crippen molar-refractivity contribution < 1.29 is 18.7 Å². The van der Waals surface area contributed by atoms with Gasteiger partial charge in [0, 0.05) is 7.05 Å². The Morgan fingerprint density at radius 3 is 2.46 bits per heavy atom. The number of hydrogen-bond donors (Lipinski definition) is 2. The van der Waals surface area contributed by atoms with Crippen LogP contribution in [0.5, 0.6) is 0 Å². The molecule has 2 N–H and O–H groups in total. The first-order valence-corrected chi connectivity index (χ1v) is 3.64. The van der Waals surface area contributed by atoms with Gasteiger partial charge in [-0.2, -0.15) is 0 Å². The number of nitrogens with one attached hydrogen (secondary N) is 1. The summed E-state index contributed by atoms with van der Waals surface area (Å²) in [6.45, 7) is -1.96. The molecule has 0 spiro atoms. The van der Waals surface area contributed by atoms with Gasteiger partial charge in [-0.1, -0.05) is 0 Å². The van der Waals surface area contributed by atoms with Crippen LogP contribution < -0.4 is 5.43 Å². The average Bonchev–Trinajstić information content (AvgIpc) is 2.44. The number of carbonyl (C=O) groups is 1. The molecule has 6 heteroatoms. The number of halogens is 2. The van der Waals surface area contributed by atoms with Gasteiger partial charge in [0.25, 0.3) is 0 Å². The third-order valence-electron chi connectivity index (χ3n) is 1.86. The van der Waals surface area contributed by atoms with Gasteiger partial charge in [0.15, 0.2) is 0 Å². The van der Waals surface area contributed by atoms with E-state index in [-0.39, 0.29) is 5.70 Å². The Hall–Kier alpha value is -1.17. The molecule has 1 aliphatic heterocycles. The van der Waals surface area contributed by atoms with Crippen LogP contribution in [-0.2, 0) is 4.79 Å². The molecule has 1 heterocycles. The SMILES string of the molecule is CN1NC(CF)(CF)C=C1C(=O)O. The summed E-state index contributed by atoms with van der Waals surface area (Å²) in [5.41, 5.74) is 0.767. The summed E-state index contributed by atoms with van der Waals surface area (Å²) >= 11 is 0. The summed E-state index contributed by atoms with van der Waals surface area (Å²) in [5.74, 6) is -1.21. The topological polar surface area (TPSA) is 52.6 Å². The summed E-state index contributed by atoms with van der Waals surface area (Å²) in [6, 6.07) is 0. The molecule has 0 unspecified atom stereocenters. The van der Waals surface area contributed by atoms with Crippen molar-refractivity contribution in [1.29, 1.82) is 0 Å². The number of rotatable bonds is 3. The zero-order valence-electron chi connectivity index (χ0n) is 7.05. The van der Waals surface area contributed by atoms with Gasteiger partial charge in [0.1, 0.15) is 24.6 Å². The summed E-state index contributed by atoms with van der Waals surface area (Å²) in [6.07, 6.45) is 1.05. The lowest BCUT2D eigenvalue weighted by atomic mass is 10.1. The van der Waals surface area contributed by atoms with Crippen LogP contribution in [0.1, 0.15) is 0 Å². The largest absolute Gasteiger partial charge is 0.477 e. The summed E-state index contributed by atoms with van der Waals surface area (Å²) < 4.78 is 24.8. The molecule has 0 fully saturated rings. The van der Waals surface area contributed by atoms with Gasteiger partial charge in [-0.25, -0.2) is 19.0 Å². The molecular formula is C7H10F2N2O2. The summed E-state index contributed by atoms with van der Waals surface area (Å²) in [4.78, 5) is 10.5. The maximum atomic E-state index is 12.4. The first-order valence-electron chi connectivity index (χ1n) is 3.64. The molecule has 0 aromatic carbocycles. The third kappa shape index (κ3) is 1.62. The fraction of sp³-hybridized carbons (Fsp3) is 0.571. The van der Waals surface area contributed by atoms with Gasteiger partial charge in [0.05, 0.1) is 0 Å². The fourth-order valence-corrected chi connectivity index (χ4v) is 1.16. The van der Waals surface area contributed by atoms with E-state index in [4.69, 9.17) is 5.11 Å². The Morgan fingerprint density at radius 1 is 1.69 bits per heavy atom. The van der Waals surface area contributed by atoms with Crippen LogP contribution in [0.3, 0.4) is 0 Å². The highest BCUT2D eigenvalue weighted by atomic mass is 19.1. The molecule has 0 amide bonds. The van der Waals surface area contributed by atoms with Gasteiger partial charge in [-0.05, 0) is 6.08 Å². The molecule has 0 saturated heterocycles. The quantitative estimate of drug-likeness (QED) is 0.665. The smallest absolute Gasteiger partial charge is 0.353 e. The molecule has 0 atom stereocenters. The molecule has 1 rings (SSSR count). The number of carboxylic acid groups (broad SMARTS) is 1. The number of carboxylic acids is 1. The first kappa shape index (κ1) is 9.91. The predicted octanol–water partition coefficient (Wildman–Crippen LogP) is 0.0827. The molecule has 0 bridgehead atoms. The van der Waals surface area contributed by atoms with E-state index in [9.17, 15) is 13.6 Å². The Bertz CT molecular complexity index is 251. The van der Waals surface area contributed by atoms with Crippen LogP contribution in [0.2, 0.25) is 0 Å². The Kier molecular flexibility index (Phi) is 2.51. The third-order valence-corrected chi connectivity index (χ3v) is 1.86. The highest BCUT2D eigenvalue weighted by molar-refractivity contribution is 5.86. The minimum atomic E-state index is -1.50. The van der Waals surface area contributed by atoms with Gasteiger partial charge < -0.3 is 10.1 Å². The molecule has 13 heavy (non-hydrogen) atoms. The number of nitrogens with zero attached hydrogens (tertiary/aromatic N) is 1. The molecule has 0 radical (unpaired) electrons. The summed E-state index contributed by atoms with van der Waals surface area (Å²) in [7, 11) is 1.40. The zero-order valence-corrected chi connectivity index (χ0v) is 7.05. The Balaban J connectivity index is 2.92. The first-order chi connectivity index (χ1) is 6.04. The van der Waals surface area contributed by atoms with E-state index in [2.05, 4.69) is 5.43 Å². The number of hydrazine groups is 1. The molecular weight excluding hydrogens is 182 g/mol. The van der Waals surface area contributed by atoms with E-state index in [1.165, 1.54) is 7.05 Å². The van der Waals surface area contributed by atoms with Crippen LogP contribution in [0.25, 0.3) is 0 Å². The maximum absolute atomic E-state index is 12.4. The summed E-state index contributed by atoms with van der Waals surface area (Å²) in [5, 5.41) is 9.71. The van der Waals surface area contributed by atoms with Gasteiger partial charge in [-0.15, -0.1) is 0 Å². The minimum absolute atomic E-state index is 0.143. The lowest BCUT2D eigenvalue weighted by Crippen LogP contribution is -2.49. The van der Waals surface area contributed by atoms with Crippen molar-refractivity contribution in [2.24, 2.45) is 0 Å². The second-order valence-corrected chi connectivity index (χ2v) is 2.93. The molecule has 0 saturated carbocycles. The van der Waals surface area contributed by atoms with E-state index >= 15 is 0 Å². The van der Waals surface area contributed by atoms with Crippen molar-refractivity contribution in [2.75, 3.05) is 20.4 Å². The van der Waals surface area contributed by atoms with Crippen molar-refractivity contribution in [2.45, 2.75) is 5.54 Å². The molecule has 0 aliphatic carbocycles. The van der Waals surface area contributed by atoms with E-state index in [1.54, 1.807) is 0 Å². The second-order valence-electron chi connectivity index (χ2n) is 2.93. The highest BCUT2D eigenvalue weighted by Crippen LogP contribution is 2.21. The standard InChI is InChI=1S/C7H10F2N2O2/c1-11-5(6(12)13)2-7(3-8,4-9)10-11/h2,10H,3-4H2,1H3,(H,12,13). The van der Waals surface area contributed by atoms with Crippen LogP contribution >= 0.6 is 0 Å². The van der Waals surface area contributed by atoms with E-state index in [1.807, 2.05) is 0 Å². The number of alkyl halides is 2. The molecule has 0 aromatic rings. The molecule has 0 aromatic heterocycles. The van der Waals surface area contributed by atoms with Crippen LogP contribution in [0.4, 0.5) is 8.78 Å². The number of likely N-dealkylation sites (N-methyl/N-ethyl adjacent to an activating group) is 1. The Morgan fingerprint density at radius 2 is 2.23 bits per heavy atom. The zero-order chi connectivity index (χ0) is 10.1. The van der Waals surface area contributed by atoms with Crippen LogP contribution in [0.15, 0.2) is 11.8 Å². The van der Waals surface area contributed by atoms with Gasteiger partial charge in [0.2, 0.25) is 0 Å². The normalized spacial score (nSPS) is 20.2. The van der Waals surface area contributed by atoms with Crippen molar-refractivity contribution in [3.8, 4) is 0 Å². The van der Waals surface area contributed by atoms with Gasteiger partial charge >= 0.3 is 5.97 Å². The number of aliphatic carboxylic acids is 1. The average molecular weight is 192 g/mol. The van der Waals surface area contributed by atoms with Crippen LogP contribution in [0, 0.1) is 0 Å². The van der Waals surface area contributed by atoms with E-state index < -0.39 is 24.9 Å². The lowest BCUT2D eigenvalue weighted by molar-refractivity contribution is -0.134. The van der Waals surface area contributed by atoms with E-state index in [0.717, 1.165) is 11.1 Å². The monoisotopic (exact) mass is 192 g/mol. The van der Waals surface area contributed by atoms with Gasteiger partial charge in [-0.3, -0.25) is 0 Å². The highest BCUT2D eigenvalue weighted by Gasteiger charge is 2.38. The fourth-order valence-electron chi connectivity index (χ4n) is 1.16. The Labute approximate surface area is 73.8 Å². The van der Waals surface area contributed by atoms with Crippen molar-refractivity contribution in [1.82, 2.24) is 10.4 Å². The molecule has 4 nitrogen and oxygen atoms in total. The van der Waals surface area contributed by atoms with Crippen molar-refractivity contribution >= 4 is 5.97 Å². The molecule has 1 aliphatic rings. The van der Waals surface area contributed by atoms with Crippen LogP contribution in [-0.4, -0.2) is 42.0 Å². The minimum Gasteiger partial charge on any atom is -0.477 e. The number of hydrogen-bond acceptors (Lipinski definition) is 3.